The van der Waals surface area contributed by atoms with Gasteiger partial charge in [-0.2, -0.15) is 0 Å². The fourth-order valence-corrected chi connectivity index (χ4v) is 3.50. The molecule has 2 heterocycles. The van der Waals surface area contributed by atoms with Crippen molar-refractivity contribution in [1.29, 1.82) is 0 Å². The average Bonchev–Trinajstić information content (AvgIpc) is 2.70. The van der Waals surface area contributed by atoms with Crippen molar-refractivity contribution in [2.24, 2.45) is 0 Å². The van der Waals surface area contributed by atoms with Gasteiger partial charge in [0.15, 0.2) is 0 Å². The maximum atomic E-state index is 11.8. The summed E-state index contributed by atoms with van der Waals surface area (Å²) in [6, 6.07) is 0. The first kappa shape index (κ1) is 15.3. The van der Waals surface area contributed by atoms with Crippen LogP contribution in [0.5, 0.6) is 0 Å². The first-order valence-corrected chi connectivity index (χ1v) is 7.12. The molecule has 4 atom stereocenters. The number of aromatic amines is 1. The van der Waals surface area contributed by atoms with Crippen molar-refractivity contribution >= 4 is 29.4 Å². The number of rotatable bonds is 3. The zero-order chi connectivity index (χ0) is 14.9. The number of nitrogens with zero attached hydrogens (tertiary/aromatic N) is 1. The number of nitrogens with one attached hydrogen (secondary N) is 1. The lowest BCUT2D eigenvalue weighted by molar-refractivity contribution is 0.0101. The monoisotopic (exact) mass is 320 g/mol. The molecule has 0 aliphatic carbocycles. The van der Waals surface area contributed by atoms with Crippen molar-refractivity contribution in [2.75, 3.05) is 6.61 Å². The summed E-state index contributed by atoms with van der Waals surface area (Å²) in [7, 11) is 0. The molecule has 2 rings (SSSR count). The number of aliphatic hydroxyl groups excluding tert-OH is 3. The third-order valence-electron chi connectivity index (χ3n) is 3.03. The molecule has 1 fully saturated rings. The molecule has 0 spiro atoms. The summed E-state index contributed by atoms with van der Waals surface area (Å²) in [6.07, 6.45) is 0.185. The molecule has 1 aromatic rings. The minimum Gasteiger partial charge on any atom is -0.395 e. The normalized spacial score (nSPS) is 30.2. The van der Waals surface area contributed by atoms with Crippen LogP contribution in [-0.2, 0) is 0 Å². The van der Waals surface area contributed by atoms with Gasteiger partial charge in [-0.05, 0) is 6.08 Å². The van der Waals surface area contributed by atoms with Crippen molar-refractivity contribution in [3.8, 4) is 0 Å². The Morgan fingerprint density at radius 3 is 2.65 bits per heavy atom. The van der Waals surface area contributed by atoms with Crippen LogP contribution in [0.3, 0.4) is 0 Å². The third kappa shape index (κ3) is 2.70. The van der Waals surface area contributed by atoms with Crippen LogP contribution in [-0.4, -0.2) is 48.9 Å². The molecule has 110 valence electrons. The molecule has 20 heavy (non-hydrogen) atoms. The van der Waals surface area contributed by atoms with E-state index in [1.54, 1.807) is 0 Å². The maximum Gasteiger partial charge on any atom is 0.329 e. The summed E-state index contributed by atoms with van der Waals surface area (Å²) >= 11 is 6.47. The quantitative estimate of drug-likeness (QED) is 0.572. The molecule has 1 saturated heterocycles. The zero-order valence-electron chi connectivity index (χ0n) is 10.1. The van der Waals surface area contributed by atoms with Gasteiger partial charge in [0.2, 0.25) is 0 Å². The smallest absolute Gasteiger partial charge is 0.329 e. The van der Waals surface area contributed by atoms with Crippen LogP contribution in [0.25, 0.3) is 6.08 Å². The van der Waals surface area contributed by atoms with E-state index in [4.69, 9.17) is 16.7 Å². The van der Waals surface area contributed by atoms with E-state index in [0.29, 0.717) is 0 Å². The van der Waals surface area contributed by atoms with E-state index in [2.05, 4.69) is 4.98 Å². The SMILES string of the molecule is O=c1[nH]c(=O)n([C@@H]2S[C@H](CO)[C@@H](O)[C@@H]2O)cc1/C=C/Cl. The van der Waals surface area contributed by atoms with Crippen LogP contribution in [0.2, 0.25) is 0 Å². The standard InChI is InChI=1S/C11H13ClN2O5S/c12-2-1-5-3-14(11(19)13-9(5)18)10-8(17)7(16)6(4-15)20-10/h1-3,6-8,10,15-17H,4H2,(H,13,18,19)/b2-1+/t6-,7-,8+,10-/m1/s1. The summed E-state index contributed by atoms with van der Waals surface area (Å²) in [5.74, 6) is 0. The van der Waals surface area contributed by atoms with Gasteiger partial charge in [0.25, 0.3) is 5.56 Å². The molecule has 0 radical (unpaired) electrons. The number of aliphatic hydroxyl groups is 3. The summed E-state index contributed by atoms with van der Waals surface area (Å²) in [5.41, 5.74) is -0.0264. The molecule has 0 bridgehead atoms. The van der Waals surface area contributed by atoms with E-state index in [0.717, 1.165) is 21.9 Å². The number of hydrogen-bond donors (Lipinski definition) is 4. The Hall–Kier alpha value is -1.06. The van der Waals surface area contributed by atoms with Crippen molar-refractivity contribution in [2.45, 2.75) is 22.8 Å². The van der Waals surface area contributed by atoms with Crippen molar-refractivity contribution in [3.63, 3.8) is 0 Å². The molecule has 0 aromatic carbocycles. The molecular formula is C11H13ClN2O5S. The molecule has 9 heteroatoms. The lowest BCUT2D eigenvalue weighted by Crippen LogP contribution is -2.38. The molecule has 0 saturated carbocycles. The highest BCUT2D eigenvalue weighted by molar-refractivity contribution is 8.00. The van der Waals surface area contributed by atoms with Crippen LogP contribution in [0, 0.1) is 0 Å². The van der Waals surface area contributed by atoms with E-state index in [-0.39, 0.29) is 12.2 Å². The number of thioether (sulfide) groups is 1. The van der Waals surface area contributed by atoms with Gasteiger partial charge >= 0.3 is 5.69 Å². The first-order valence-electron chi connectivity index (χ1n) is 5.74. The highest BCUT2D eigenvalue weighted by Gasteiger charge is 2.43. The van der Waals surface area contributed by atoms with Crippen LogP contribution < -0.4 is 11.2 Å². The Morgan fingerprint density at radius 2 is 2.10 bits per heavy atom. The highest BCUT2D eigenvalue weighted by Crippen LogP contribution is 2.40. The molecule has 0 unspecified atom stereocenters. The Labute approximate surface area is 122 Å². The summed E-state index contributed by atoms with van der Waals surface area (Å²) in [4.78, 5) is 25.4. The lowest BCUT2D eigenvalue weighted by Gasteiger charge is -2.17. The Balaban J connectivity index is 2.46. The second-order valence-electron chi connectivity index (χ2n) is 4.27. The minimum atomic E-state index is -1.23. The number of halogens is 1. The molecular weight excluding hydrogens is 308 g/mol. The van der Waals surface area contributed by atoms with Gasteiger partial charge in [0.05, 0.1) is 23.5 Å². The highest BCUT2D eigenvalue weighted by atomic mass is 35.5. The van der Waals surface area contributed by atoms with Crippen LogP contribution in [0.1, 0.15) is 10.9 Å². The Kier molecular flexibility index (Phi) is 4.71. The van der Waals surface area contributed by atoms with Gasteiger partial charge in [-0.25, -0.2) is 4.79 Å². The van der Waals surface area contributed by atoms with E-state index in [1.807, 2.05) is 0 Å². The van der Waals surface area contributed by atoms with Crippen LogP contribution in [0.4, 0.5) is 0 Å². The number of aromatic nitrogens is 2. The topological polar surface area (TPSA) is 116 Å². The van der Waals surface area contributed by atoms with E-state index in [1.165, 1.54) is 12.3 Å². The summed E-state index contributed by atoms with van der Waals surface area (Å²) in [6.45, 7) is -0.327. The van der Waals surface area contributed by atoms with Crippen molar-refractivity contribution in [1.82, 2.24) is 9.55 Å². The molecule has 1 aliphatic heterocycles. The molecule has 1 aliphatic rings. The van der Waals surface area contributed by atoms with Crippen LogP contribution >= 0.6 is 23.4 Å². The first-order chi connectivity index (χ1) is 9.49. The van der Waals surface area contributed by atoms with Gasteiger partial charge < -0.3 is 15.3 Å². The van der Waals surface area contributed by atoms with E-state index in [9.17, 15) is 19.8 Å². The van der Waals surface area contributed by atoms with E-state index >= 15 is 0 Å². The van der Waals surface area contributed by atoms with Gasteiger partial charge in [-0.15, -0.1) is 11.8 Å². The second-order valence-corrected chi connectivity index (χ2v) is 5.89. The minimum absolute atomic E-state index is 0.148. The summed E-state index contributed by atoms with van der Waals surface area (Å²) in [5, 5.41) is 27.4. The number of H-pyrrole nitrogens is 1. The predicted octanol–water partition coefficient (Wildman–Crippen LogP) is -0.926. The van der Waals surface area contributed by atoms with Gasteiger partial charge in [0, 0.05) is 11.7 Å². The largest absolute Gasteiger partial charge is 0.395 e. The molecule has 4 N–H and O–H groups in total. The fourth-order valence-electron chi connectivity index (χ4n) is 1.99. The average molecular weight is 321 g/mol. The van der Waals surface area contributed by atoms with Crippen molar-refractivity contribution in [3.05, 3.63) is 38.1 Å². The Morgan fingerprint density at radius 1 is 1.40 bits per heavy atom. The fraction of sp³-hybridized carbons (Fsp3) is 0.455. The predicted molar refractivity (Wildman–Crippen MR) is 75.7 cm³/mol. The third-order valence-corrected chi connectivity index (χ3v) is 4.72. The van der Waals surface area contributed by atoms with Gasteiger partial charge in [0.1, 0.15) is 11.5 Å². The Bertz CT molecular complexity index is 628. The summed E-state index contributed by atoms with van der Waals surface area (Å²) < 4.78 is 1.11. The van der Waals surface area contributed by atoms with E-state index < -0.39 is 34.1 Å². The second kappa shape index (κ2) is 6.15. The molecule has 7 nitrogen and oxygen atoms in total. The number of hydrogen-bond acceptors (Lipinski definition) is 6. The zero-order valence-corrected chi connectivity index (χ0v) is 11.7. The lowest BCUT2D eigenvalue weighted by atomic mass is 10.1. The van der Waals surface area contributed by atoms with Crippen LogP contribution in [0.15, 0.2) is 21.3 Å². The van der Waals surface area contributed by atoms with Crippen molar-refractivity contribution < 1.29 is 15.3 Å². The maximum absolute atomic E-state index is 11.8. The van der Waals surface area contributed by atoms with Gasteiger partial charge in [-0.1, -0.05) is 11.6 Å². The molecule has 0 amide bonds. The van der Waals surface area contributed by atoms with Gasteiger partial charge in [-0.3, -0.25) is 14.3 Å². The molecule has 1 aromatic heterocycles.